The van der Waals surface area contributed by atoms with Crippen LogP contribution in [-0.4, -0.2) is 26.5 Å². The van der Waals surface area contributed by atoms with Crippen molar-refractivity contribution in [2.24, 2.45) is 0 Å². The van der Waals surface area contributed by atoms with Gasteiger partial charge in [-0.2, -0.15) is 0 Å². The lowest BCUT2D eigenvalue weighted by Gasteiger charge is -2.16. The molecule has 1 N–H and O–H groups in total. The average molecular weight is 534 g/mol. The minimum atomic E-state index is -0.0641. The molecule has 7 aromatic rings. The number of hydrogen-bond acceptors (Lipinski definition) is 5. The Bertz CT molecular complexity index is 1900. The van der Waals surface area contributed by atoms with E-state index in [0.717, 1.165) is 32.8 Å². The molecule has 6 nitrogen and oxygen atoms in total. The summed E-state index contributed by atoms with van der Waals surface area (Å²) in [6.07, 6.45) is 3.39. The van der Waals surface area contributed by atoms with Gasteiger partial charge >= 0.3 is 0 Å². The summed E-state index contributed by atoms with van der Waals surface area (Å²) in [4.78, 5) is 47.8. The molecule has 8 rings (SSSR count). The number of hydrogen-bond donors (Lipinski definition) is 1. The van der Waals surface area contributed by atoms with E-state index in [1.54, 1.807) is 60.9 Å². The van der Waals surface area contributed by atoms with Crippen LogP contribution in [0, 0.1) is 0 Å². The average Bonchev–Trinajstić information content (AvgIpc) is 3.04. The molecule has 0 saturated carbocycles. The summed E-state index contributed by atoms with van der Waals surface area (Å²) in [6, 6.07) is 36.9. The number of aromatic nitrogens is 3. The maximum atomic E-state index is 12.1. The van der Waals surface area contributed by atoms with E-state index < -0.39 is 0 Å². The van der Waals surface area contributed by atoms with Crippen molar-refractivity contribution < 1.29 is 9.59 Å². The number of fused-ring (bicyclic) bond motifs is 5. The van der Waals surface area contributed by atoms with Crippen LogP contribution < -0.4 is 5.43 Å². The lowest BCUT2D eigenvalue weighted by Crippen LogP contribution is -2.20. The summed E-state index contributed by atoms with van der Waals surface area (Å²) < 4.78 is 0. The largest absolute Gasteiger partial charge is 0.354 e. The second kappa shape index (κ2) is 11.2. The monoisotopic (exact) mass is 533 g/mol. The Morgan fingerprint density at radius 3 is 1.17 bits per heavy atom. The van der Waals surface area contributed by atoms with Gasteiger partial charge in [0.25, 0.3) is 0 Å². The highest BCUT2D eigenvalue weighted by molar-refractivity contribution is 6.28. The SMILES string of the molecule is O=C1c2ccccc2C(=O)c2ccccc21.O=c1c2ccccc2[nH]c2ccccc12.c1ccc2nccnc2c1. The third kappa shape index (κ3) is 5.02. The van der Waals surface area contributed by atoms with Crippen molar-refractivity contribution >= 4 is 44.4 Å². The topological polar surface area (TPSA) is 92.8 Å². The van der Waals surface area contributed by atoms with Gasteiger partial charge < -0.3 is 4.98 Å². The molecule has 196 valence electrons. The summed E-state index contributed by atoms with van der Waals surface area (Å²) in [7, 11) is 0. The van der Waals surface area contributed by atoms with E-state index in [1.807, 2.05) is 72.8 Å². The maximum absolute atomic E-state index is 12.1. The summed E-state index contributed by atoms with van der Waals surface area (Å²) in [6.45, 7) is 0. The van der Waals surface area contributed by atoms with Crippen molar-refractivity contribution in [1.82, 2.24) is 15.0 Å². The minimum Gasteiger partial charge on any atom is -0.354 e. The van der Waals surface area contributed by atoms with Gasteiger partial charge in [-0.1, -0.05) is 84.9 Å². The molecule has 41 heavy (non-hydrogen) atoms. The third-order valence-electron chi connectivity index (χ3n) is 6.82. The van der Waals surface area contributed by atoms with Crippen LogP contribution in [0.2, 0.25) is 0 Å². The van der Waals surface area contributed by atoms with Crippen molar-refractivity contribution in [3.8, 4) is 0 Å². The fourth-order valence-electron chi connectivity index (χ4n) is 4.83. The summed E-state index contributed by atoms with van der Waals surface area (Å²) in [5.74, 6) is -0.128. The molecule has 2 heterocycles. The Labute approximate surface area is 235 Å². The molecule has 6 heteroatoms. The normalized spacial score (nSPS) is 11.6. The molecule has 1 aliphatic carbocycles. The van der Waals surface area contributed by atoms with Gasteiger partial charge in [0.05, 0.1) is 11.0 Å². The van der Waals surface area contributed by atoms with E-state index in [4.69, 9.17) is 0 Å². The first kappa shape index (κ1) is 25.5. The third-order valence-corrected chi connectivity index (χ3v) is 6.82. The number of nitrogens with one attached hydrogen (secondary N) is 1. The molecule has 0 unspecified atom stereocenters. The molecule has 0 aliphatic heterocycles. The standard InChI is InChI=1S/C14H8O2.C13H9NO.C8H6N2/c15-13-9-5-1-2-6-10(9)14(16)12-8-4-3-7-11(12)13;15-13-9-5-1-3-7-11(9)14-12-8-4-2-6-10(12)13;1-2-4-8-7(3-1)9-5-6-10-8/h1-8H;1-8H,(H,14,15);1-6H. The predicted octanol–water partition coefficient (Wildman–Crippen LogP) is 6.77. The van der Waals surface area contributed by atoms with E-state index in [9.17, 15) is 14.4 Å². The molecular weight excluding hydrogens is 510 g/mol. The zero-order valence-corrected chi connectivity index (χ0v) is 21.8. The summed E-state index contributed by atoms with van der Waals surface area (Å²) >= 11 is 0. The smallest absolute Gasteiger partial charge is 0.197 e. The number of aromatic amines is 1. The van der Waals surface area contributed by atoms with E-state index in [2.05, 4.69) is 15.0 Å². The number of rotatable bonds is 0. The molecule has 0 saturated heterocycles. The van der Waals surface area contributed by atoms with Gasteiger partial charge in [0, 0.05) is 56.5 Å². The zero-order chi connectivity index (χ0) is 28.2. The van der Waals surface area contributed by atoms with Crippen LogP contribution in [0.25, 0.3) is 32.8 Å². The first-order valence-corrected chi connectivity index (χ1v) is 13.0. The van der Waals surface area contributed by atoms with Gasteiger partial charge in [-0.25, -0.2) is 0 Å². The Morgan fingerprint density at radius 1 is 0.415 bits per heavy atom. The zero-order valence-electron chi connectivity index (χ0n) is 21.8. The van der Waals surface area contributed by atoms with Crippen molar-refractivity contribution in [3.63, 3.8) is 0 Å². The molecule has 0 amide bonds. The lowest BCUT2D eigenvalue weighted by atomic mass is 9.84. The van der Waals surface area contributed by atoms with E-state index in [0.29, 0.717) is 22.3 Å². The Hall–Kier alpha value is -5.75. The number of carbonyl (C=O) groups excluding carboxylic acids is 2. The molecule has 2 aromatic heterocycles. The molecule has 0 radical (unpaired) electrons. The van der Waals surface area contributed by atoms with E-state index in [-0.39, 0.29) is 17.0 Å². The van der Waals surface area contributed by atoms with Crippen LogP contribution in [0.15, 0.2) is 139 Å². The fourth-order valence-corrected chi connectivity index (χ4v) is 4.83. The number of carbonyl (C=O) groups is 2. The molecule has 1 aliphatic rings. The molecule has 0 bridgehead atoms. The number of H-pyrrole nitrogens is 1. The second-order valence-corrected chi connectivity index (χ2v) is 9.34. The van der Waals surface area contributed by atoms with Crippen molar-refractivity contribution in [2.45, 2.75) is 0 Å². The van der Waals surface area contributed by atoms with Crippen LogP contribution in [0.3, 0.4) is 0 Å². The maximum Gasteiger partial charge on any atom is 0.197 e. The first-order valence-electron chi connectivity index (χ1n) is 13.0. The number of pyridine rings is 1. The van der Waals surface area contributed by atoms with E-state index in [1.165, 1.54) is 0 Å². The highest BCUT2D eigenvalue weighted by Crippen LogP contribution is 2.26. The second-order valence-electron chi connectivity index (χ2n) is 9.34. The van der Waals surface area contributed by atoms with Gasteiger partial charge in [0.2, 0.25) is 0 Å². The van der Waals surface area contributed by atoms with Crippen LogP contribution in [-0.2, 0) is 0 Å². The van der Waals surface area contributed by atoms with Gasteiger partial charge in [-0.05, 0) is 36.4 Å². The van der Waals surface area contributed by atoms with Crippen LogP contribution in [0.1, 0.15) is 31.8 Å². The number of nitrogens with zero attached hydrogens (tertiary/aromatic N) is 2. The molecule has 0 atom stereocenters. The quantitative estimate of drug-likeness (QED) is 0.217. The van der Waals surface area contributed by atoms with Gasteiger partial charge in [0.15, 0.2) is 17.0 Å². The summed E-state index contributed by atoms with van der Waals surface area (Å²) in [5, 5.41) is 1.49. The van der Waals surface area contributed by atoms with Crippen molar-refractivity contribution in [3.05, 3.63) is 166 Å². The predicted molar refractivity (Wildman–Crippen MR) is 161 cm³/mol. The lowest BCUT2D eigenvalue weighted by molar-refractivity contribution is 0.0979. The Balaban J connectivity index is 0.000000114. The van der Waals surface area contributed by atoms with Crippen LogP contribution in [0.4, 0.5) is 0 Å². The van der Waals surface area contributed by atoms with E-state index >= 15 is 0 Å². The van der Waals surface area contributed by atoms with Crippen molar-refractivity contribution in [2.75, 3.05) is 0 Å². The highest BCUT2D eigenvalue weighted by atomic mass is 16.1. The highest BCUT2D eigenvalue weighted by Gasteiger charge is 2.28. The van der Waals surface area contributed by atoms with Crippen LogP contribution >= 0.6 is 0 Å². The Kier molecular flexibility index (Phi) is 6.95. The molecular formula is C35H23N3O3. The first-order chi connectivity index (χ1) is 20.1. The molecule has 0 fully saturated rings. The van der Waals surface area contributed by atoms with Crippen LogP contribution in [0.5, 0.6) is 0 Å². The van der Waals surface area contributed by atoms with Gasteiger partial charge in [-0.3, -0.25) is 24.4 Å². The molecule has 0 spiro atoms. The number of benzene rings is 5. The van der Waals surface area contributed by atoms with Gasteiger partial charge in [-0.15, -0.1) is 0 Å². The Morgan fingerprint density at radius 2 is 0.756 bits per heavy atom. The minimum absolute atomic E-state index is 0.0641. The molecule has 5 aromatic carbocycles. The fraction of sp³-hybridized carbons (Fsp3) is 0. The van der Waals surface area contributed by atoms with Gasteiger partial charge in [0.1, 0.15) is 0 Å². The van der Waals surface area contributed by atoms with Crippen molar-refractivity contribution in [1.29, 1.82) is 0 Å². The number of ketones is 2. The number of para-hydroxylation sites is 4. The summed E-state index contributed by atoms with van der Waals surface area (Å²) in [5.41, 5.74) is 5.80.